The standard InChI is InChI=1S/C17H21BrN4S/c1-2-3-15(19)12-8-10-22(11-9-12)17-21-20-16(23-17)13-4-6-14(18)7-5-13/h3-7,12H,2,8-11,19H2,1H3/b15-3+. The van der Waals surface area contributed by atoms with Gasteiger partial charge < -0.3 is 10.6 Å². The van der Waals surface area contributed by atoms with Crippen molar-refractivity contribution in [3.63, 3.8) is 0 Å². The number of hydrogen-bond donors (Lipinski definition) is 1. The zero-order valence-corrected chi connectivity index (χ0v) is 15.6. The molecule has 1 aromatic heterocycles. The minimum absolute atomic E-state index is 0.519. The van der Waals surface area contributed by atoms with E-state index in [1.54, 1.807) is 11.3 Å². The smallest absolute Gasteiger partial charge is 0.208 e. The minimum atomic E-state index is 0.519. The maximum Gasteiger partial charge on any atom is 0.208 e. The SMILES string of the molecule is CC/C=C(/N)C1CCN(c2nnc(-c3ccc(Br)cc3)s2)CC1. The van der Waals surface area contributed by atoms with Crippen LogP contribution in [0.25, 0.3) is 10.6 Å². The van der Waals surface area contributed by atoms with Gasteiger partial charge in [-0.2, -0.15) is 0 Å². The van der Waals surface area contributed by atoms with Crippen molar-refractivity contribution in [3.05, 3.63) is 40.5 Å². The van der Waals surface area contributed by atoms with Crippen molar-refractivity contribution in [1.82, 2.24) is 10.2 Å². The number of nitrogens with two attached hydrogens (primary N) is 1. The third-order valence-corrected chi connectivity index (χ3v) is 5.74. The van der Waals surface area contributed by atoms with E-state index in [4.69, 9.17) is 5.73 Å². The molecule has 0 spiro atoms. The van der Waals surface area contributed by atoms with Gasteiger partial charge in [0.2, 0.25) is 5.13 Å². The van der Waals surface area contributed by atoms with Crippen LogP contribution in [0.15, 0.2) is 40.5 Å². The molecule has 122 valence electrons. The average molecular weight is 393 g/mol. The average Bonchev–Trinajstić information content (AvgIpc) is 3.06. The van der Waals surface area contributed by atoms with Crippen LogP contribution in [0.3, 0.4) is 0 Å². The van der Waals surface area contributed by atoms with E-state index in [1.807, 2.05) is 12.1 Å². The summed E-state index contributed by atoms with van der Waals surface area (Å²) in [4.78, 5) is 2.33. The fourth-order valence-electron chi connectivity index (χ4n) is 2.86. The van der Waals surface area contributed by atoms with Crippen LogP contribution in [0.2, 0.25) is 0 Å². The summed E-state index contributed by atoms with van der Waals surface area (Å²) in [5.41, 5.74) is 8.32. The van der Waals surface area contributed by atoms with Crippen LogP contribution >= 0.6 is 27.3 Å². The predicted molar refractivity (Wildman–Crippen MR) is 101 cm³/mol. The zero-order valence-electron chi connectivity index (χ0n) is 13.2. The first-order valence-electron chi connectivity index (χ1n) is 7.97. The molecular weight excluding hydrogens is 372 g/mol. The van der Waals surface area contributed by atoms with Crippen molar-refractivity contribution in [1.29, 1.82) is 0 Å². The van der Waals surface area contributed by atoms with Crippen LogP contribution in [0.1, 0.15) is 26.2 Å². The van der Waals surface area contributed by atoms with Crippen LogP contribution in [0.5, 0.6) is 0 Å². The number of rotatable bonds is 4. The summed E-state index contributed by atoms with van der Waals surface area (Å²) >= 11 is 5.12. The maximum atomic E-state index is 6.15. The van der Waals surface area contributed by atoms with Gasteiger partial charge in [-0.25, -0.2) is 0 Å². The topological polar surface area (TPSA) is 55.0 Å². The van der Waals surface area contributed by atoms with Crippen LogP contribution in [0.4, 0.5) is 5.13 Å². The van der Waals surface area contributed by atoms with Gasteiger partial charge >= 0.3 is 0 Å². The molecule has 0 unspecified atom stereocenters. The monoisotopic (exact) mass is 392 g/mol. The minimum Gasteiger partial charge on any atom is -0.402 e. The van der Waals surface area contributed by atoms with Gasteiger partial charge in [0.05, 0.1) is 0 Å². The molecule has 4 nitrogen and oxygen atoms in total. The zero-order chi connectivity index (χ0) is 16.2. The molecule has 2 heterocycles. The fourth-order valence-corrected chi connectivity index (χ4v) is 4.03. The van der Waals surface area contributed by atoms with E-state index in [9.17, 15) is 0 Å². The Morgan fingerprint density at radius 2 is 2.00 bits per heavy atom. The molecule has 1 aliphatic heterocycles. The molecular formula is C17H21BrN4S. The quantitative estimate of drug-likeness (QED) is 0.835. The third kappa shape index (κ3) is 3.93. The van der Waals surface area contributed by atoms with E-state index in [0.29, 0.717) is 5.92 Å². The molecule has 0 saturated carbocycles. The van der Waals surface area contributed by atoms with Gasteiger partial charge in [0, 0.05) is 34.7 Å². The lowest BCUT2D eigenvalue weighted by molar-refractivity contribution is 0.453. The first-order chi connectivity index (χ1) is 11.2. The second kappa shape index (κ2) is 7.45. The lowest BCUT2D eigenvalue weighted by atomic mass is 9.93. The van der Waals surface area contributed by atoms with Crippen molar-refractivity contribution in [2.75, 3.05) is 18.0 Å². The van der Waals surface area contributed by atoms with Crippen LogP contribution < -0.4 is 10.6 Å². The summed E-state index contributed by atoms with van der Waals surface area (Å²) in [6.07, 6.45) is 5.35. The van der Waals surface area contributed by atoms with E-state index in [1.165, 1.54) is 0 Å². The molecule has 1 aromatic carbocycles. The van der Waals surface area contributed by atoms with Crippen molar-refractivity contribution in [2.24, 2.45) is 11.7 Å². The Bertz CT molecular complexity index is 672. The largest absolute Gasteiger partial charge is 0.402 e. The molecule has 6 heteroatoms. The highest BCUT2D eigenvalue weighted by atomic mass is 79.9. The molecule has 1 saturated heterocycles. The molecule has 1 aliphatic rings. The Kier molecular flexibility index (Phi) is 5.33. The van der Waals surface area contributed by atoms with Gasteiger partial charge in [-0.05, 0) is 31.4 Å². The number of halogens is 1. The molecule has 0 amide bonds. The van der Waals surface area contributed by atoms with Crippen molar-refractivity contribution >= 4 is 32.4 Å². The lowest BCUT2D eigenvalue weighted by Crippen LogP contribution is -2.35. The van der Waals surface area contributed by atoms with Crippen LogP contribution in [-0.4, -0.2) is 23.3 Å². The first kappa shape index (κ1) is 16.5. The normalized spacial score (nSPS) is 16.8. The van der Waals surface area contributed by atoms with Gasteiger partial charge in [-0.3, -0.25) is 0 Å². The van der Waals surface area contributed by atoms with Crippen molar-refractivity contribution in [2.45, 2.75) is 26.2 Å². The Balaban J connectivity index is 1.66. The Morgan fingerprint density at radius 3 is 2.65 bits per heavy atom. The molecule has 0 bridgehead atoms. The molecule has 3 rings (SSSR count). The summed E-state index contributed by atoms with van der Waals surface area (Å²) in [5, 5.41) is 10.7. The Morgan fingerprint density at radius 1 is 1.30 bits per heavy atom. The van der Waals surface area contributed by atoms with Gasteiger partial charge in [-0.15, -0.1) is 10.2 Å². The number of benzene rings is 1. The summed E-state index contributed by atoms with van der Waals surface area (Å²) < 4.78 is 1.07. The summed E-state index contributed by atoms with van der Waals surface area (Å²) in [6, 6.07) is 8.20. The van der Waals surface area contributed by atoms with E-state index in [2.05, 4.69) is 56.2 Å². The molecule has 0 aliphatic carbocycles. The first-order valence-corrected chi connectivity index (χ1v) is 9.58. The maximum absolute atomic E-state index is 6.15. The number of piperidine rings is 1. The number of nitrogens with zero attached hydrogens (tertiary/aromatic N) is 3. The molecule has 2 N–H and O–H groups in total. The van der Waals surface area contributed by atoms with E-state index in [0.717, 1.165) is 58.2 Å². The highest BCUT2D eigenvalue weighted by Crippen LogP contribution is 2.32. The van der Waals surface area contributed by atoms with Crippen molar-refractivity contribution in [3.8, 4) is 10.6 Å². The van der Waals surface area contributed by atoms with Gasteiger partial charge in [-0.1, -0.05) is 52.4 Å². The molecule has 0 radical (unpaired) electrons. The summed E-state index contributed by atoms with van der Waals surface area (Å²) in [5.74, 6) is 0.519. The molecule has 1 fully saturated rings. The van der Waals surface area contributed by atoms with Crippen LogP contribution in [0, 0.1) is 5.92 Å². The van der Waals surface area contributed by atoms with E-state index < -0.39 is 0 Å². The number of allylic oxidation sites excluding steroid dienone is 2. The van der Waals surface area contributed by atoms with Gasteiger partial charge in [0.1, 0.15) is 5.01 Å². The Hall–Kier alpha value is -1.40. The second-order valence-electron chi connectivity index (χ2n) is 5.77. The van der Waals surface area contributed by atoms with Gasteiger partial charge in [0.25, 0.3) is 0 Å². The lowest BCUT2D eigenvalue weighted by Gasteiger charge is -2.31. The Labute approximate surface area is 149 Å². The number of anilines is 1. The second-order valence-corrected chi connectivity index (χ2v) is 7.64. The molecule has 2 aromatic rings. The number of aromatic nitrogens is 2. The highest BCUT2D eigenvalue weighted by molar-refractivity contribution is 9.10. The summed E-state index contributed by atoms with van der Waals surface area (Å²) in [6.45, 7) is 4.13. The van der Waals surface area contributed by atoms with Crippen molar-refractivity contribution < 1.29 is 0 Å². The van der Waals surface area contributed by atoms with Crippen LogP contribution in [-0.2, 0) is 0 Å². The fraction of sp³-hybridized carbons (Fsp3) is 0.412. The third-order valence-electron chi connectivity index (χ3n) is 4.18. The van der Waals surface area contributed by atoms with E-state index in [-0.39, 0.29) is 0 Å². The van der Waals surface area contributed by atoms with Gasteiger partial charge in [0.15, 0.2) is 0 Å². The van der Waals surface area contributed by atoms with E-state index >= 15 is 0 Å². The summed E-state index contributed by atoms with van der Waals surface area (Å²) in [7, 11) is 0. The molecule has 0 atom stereocenters. The molecule has 23 heavy (non-hydrogen) atoms. The number of hydrogen-bond acceptors (Lipinski definition) is 5. The predicted octanol–water partition coefficient (Wildman–Crippen LogP) is 4.44. The highest BCUT2D eigenvalue weighted by Gasteiger charge is 2.23.